The molecule has 2 aliphatic heterocycles. The van der Waals surface area contributed by atoms with Crippen molar-refractivity contribution in [3.8, 4) is 0 Å². The topological polar surface area (TPSA) is 86.4 Å². The molecule has 10 heteroatoms. The predicted octanol–water partition coefficient (Wildman–Crippen LogP) is 2.97. The molecule has 1 atom stereocenters. The van der Waals surface area contributed by atoms with E-state index >= 15 is 0 Å². The second kappa shape index (κ2) is 9.35. The Labute approximate surface area is 193 Å². The summed E-state index contributed by atoms with van der Waals surface area (Å²) in [6, 6.07) is 10.8. The van der Waals surface area contributed by atoms with Gasteiger partial charge in [-0.15, -0.1) is 0 Å². The number of piperidine rings is 1. The molecular formula is C22H27ClN4O4S. The van der Waals surface area contributed by atoms with Gasteiger partial charge < -0.3 is 4.42 Å². The third-order valence-corrected chi connectivity index (χ3v) is 7.76. The molecule has 32 heavy (non-hydrogen) atoms. The summed E-state index contributed by atoms with van der Waals surface area (Å²) in [5, 5.41) is 6.82. The van der Waals surface area contributed by atoms with Crippen molar-refractivity contribution in [3.63, 3.8) is 0 Å². The Morgan fingerprint density at radius 3 is 2.50 bits per heavy atom. The number of hydrogen-bond acceptors (Lipinski definition) is 6. The van der Waals surface area contributed by atoms with Gasteiger partial charge in [-0.25, -0.2) is 17.7 Å². The van der Waals surface area contributed by atoms with E-state index in [2.05, 4.69) is 10.0 Å². The standard InChI is InChI=1S/C22H27ClN4O4S/c1-25(32(2,29)30)18-9-11-26(12-10-18)15-22(28)27-20(21-4-3-13-31-21)14-19(24-27)16-5-7-17(23)8-6-16/h3-8,13,18,20H,9-12,14-15H2,1-2H3. The molecule has 1 saturated heterocycles. The van der Waals surface area contributed by atoms with Gasteiger partial charge in [-0.2, -0.15) is 5.10 Å². The Bertz CT molecular complexity index is 1080. The highest BCUT2D eigenvalue weighted by atomic mass is 35.5. The molecule has 1 fully saturated rings. The van der Waals surface area contributed by atoms with Crippen LogP contribution in [0.3, 0.4) is 0 Å². The maximum Gasteiger partial charge on any atom is 0.257 e. The van der Waals surface area contributed by atoms with Gasteiger partial charge in [0.25, 0.3) is 5.91 Å². The molecule has 2 aliphatic rings. The summed E-state index contributed by atoms with van der Waals surface area (Å²) in [5.41, 5.74) is 1.73. The van der Waals surface area contributed by atoms with Crippen LogP contribution >= 0.6 is 11.6 Å². The minimum absolute atomic E-state index is 0.0338. The van der Waals surface area contributed by atoms with Crippen LogP contribution in [0.25, 0.3) is 0 Å². The molecule has 172 valence electrons. The highest BCUT2D eigenvalue weighted by Gasteiger charge is 2.36. The number of carbonyl (C=O) groups is 1. The maximum absolute atomic E-state index is 13.2. The van der Waals surface area contributed by atoms with E-state index in [0.29, 0.717) is 43.1 Å². The molecule has 1 unspecified atom stereocenters. The SMILES string of the molecule is CN(C1CCN(CC(=O)N2N=C(c3ccc(Cl)cc3)CC2c2ccco2)CC1)S(C)(=O)=O. The lowest BCUT2D eigenvalue weighted by atomic mass is 10.0. The van der Waals surface area contributed by atoms with Crippen molar-refractivity contribution >= 4 is 33.2 Å². The van der Waals surface area contributed by atoms with Crippen molar-refractivity contribution in [2.75, 3.05) is 32.9 Å². The zero-order chi connectivity index (χ0) is 22.9. The number of hydrogen-bond donors (Lipinski definition) is 0. The molecular weight excluding hydrogens is 452 g/mol. The summed E-state index contributed by atoms with van der Waals surface area (Å²) >= 11 is 6.01. The zero-order valence-electron chi connectivity index (χ0n) is 18.1. The molecule has 4 rings (SSSR count). The van der Waals surface area contributed by atoms with Crippen LogP contribution in [0.1, 0.15) is 36.6 Å². The average molecular weight is 479 g/mol. The molecule has 0 aliphatic carbocycles. The van der Waals surface area contributed by atoms with E-state index in [-0.39, 0.29) is 24.5 Å². The molecule has 3 heterocycles. The number of likely N-dealkylation sites (tertiary alicyclic amines) is 1. The Balaban J connectivity index is 1.45. The van der Waals surface area contributed by atoms with Crippen molar-refractivity contribution in [3.05, 3.63) is 59.0 Å². The van der Waals surface area contributed by atoms with Gasteiger partial charge in [-0.05, 0) is 42.7 Å². The number of sulfonamides is 1. The lowest BCUT2D eigenvalue weighted by Crippen LogP contribution is -2.47. The van der Waals surface area contributed by atoms with Crippen LogP contribution in [0.2, 0.25) is 5.02 Å². The Kier molecular flexibility index (Phi) is 6.71. The van der Waals surface area contributed by atoms with Crippen LogP contribution in [-0.4, -0.2) is 73.2 Å². The quantitative estimate of drug-likeness (QED) is 0.637. The molecule has 0 N–H and O–H groups in total. The molecule has 1 aromatic carbocycles. The smallest absolute Gasteiger partial charge is 0.257 e. The fraction of sp³-hybridized carbons (Fsp3) is 0.455. The van der Waals surface area contributed by atoms with E-state index in [4.69, 9.17) is 16.0 Å². The van der Waals surface area contributed by atoms with Crippen LogP contribution in [0.5, 0.6) is 0 Å². The van der Waals surface area contributed by atoms with Crippen LogP contribution in [0.15, 0.2) is 52.2 Å². The molecule has 0 radical (unpaired) electrons. The first kappa shape index (κ1) is 23.0. The summed E-state index contributed by atoms with van der Waals surface area (Å²) in [7, 11) is -1.60. The van der Waals surface area contributed by atoms with E-state index < -0.39 is 10.0 Å². The van der Waals surface area contributed by atoms with Crippen LogP contribution in [0.4, 0.5) is 0 Å². The van der Waals surface area contributed by atoms with Crippen LogP contribution in [0, 0.1) is 0 Å². The largest absolute Gasteiger partial charge is 0.467 e. The number of benzene rings is 1. The number of furan rings is 1. The van der Waals surface area contributed by atoms with Crippen molar-refractivity contribution < 1.29 is 17.6 Å². The summed E-state index contributed by atoms with van der Waals surface area (Å²) in [5.74, 6) is 0.588. The Morgan fingerprint density at radius 1 is 1.22 bits per heavy atom. The second-order valence-electron chi connectivity index (χ2n) is 8.31. The van der Waals surface area contributed by atoms with Gasteiger partial charge in [-0.1, -0.05) is 23.7 Å². The van der Waals surface area contributed by atoms with Gasteiger partial charge >= 0.3 is 0 Å². The van der Waals surface area contributed by atoms with Gasteiger partial charge in [0.05, 0.1) is 24.8 Å². The van der Waals surface area contributed by atoms with Crippen LogP contribution in [-0.2, 0) is 14.8 Å². The summed E-state index contributed by atoms with van der Waals surface area (Å²) in [4.78, 5) is 15.3. The van der Waals surface area contributed by atoms with Crippen molar-refractivity contribution in [2.24, 2.45) is 5.10 Å². The number of halogens is 1. The number of amides is 1. The third kappa shape index (κ3) is 5.06. The molecule has 0 saturated carbocycles. The monoisotopic (exact) mass is 478 g/mol. The van der Waals surface area contributed by atoms with E-state index in [1.807, 2.05) is 30.3 Å². The van der Waals surface area contributed by atoms with Gasteiger partial charge in [0.15, 0.2) is 0 Å². The molecule has 0 bridgehead atoms. The normalized spacial score (nSPS) is 20.7. The molecule has 1 aromatic heterocycles. The summed E-state index contributed by atoms with van der Waals surface area (Å²) in [6.07, 6.45) is 4.76. The highest BCUT2D eigenvalue weighted by molar-refractivity contribution is 7.88. The van der Waals surface area contributed by atoms with Gasteiger partial charge in [-0.3, -0.25) is 9.69 Å². The Hall–Kier alpha value is -2.20. The third-order valence-electron chi connectivity index (χ3n) is 6.17. The van der Waals surface area contributed by atoms with E-state index in [0.717, 1.165) is 11.3 Å². The summed E-state index contributed by atoms with van der Waals surface area (Å²) in [6.45, 7) is 1.54. The van der Waals surface area contributed by atoms with E-state index in [1.165, 1.54) is 15.6 Å². The number of nitrogens with zero attached hydrogens (tertiary/aromatic N) is 4. The van der Waals surface area contributed by atoms with Gasteiger partial charge in [0.1, 0.15) is 11.8 Å². The van der Waals surface area contributed by atoms with Crippen LogP contribution < -0.4 is 0 Å². The average Bonchev–Trinajstić information content (AvgIpc) is 3.43. The van der Waals surface area contributed by atoms with E-state index in [9.17, 15) is 13.2 Å². The Morgan fingerprint density at radius 2 is 1.91 bits per heavy atom. The van der Waals surface area contributed by atoms with Gasteiger partial charge in [0.2, 0.25) is 10.0 Å². The fourth-order valence-corrected chi connectivity index (χ4v) is 5.11. The number of carbonyl (C=O) groups excluding carboxylic acids is 1. The predicted molar refractivity (Wildman–Crippen MR) is 123 cm³/mol. The first-order valence-electron chi connectivity index (χ1n) is 10.6. The number of rotatable bonds is 6. The molecule has 0 spiro atoms. The fourth-order valence-electron chi connectivity index (χ4n) is 4.24. The van der Waals surface area contributed by atoms with Crippen molar-refractivity contribution in [1.82, 2.24) is 14.2 Å². The van der Waals surface area contributed by atoms with E-state index in [1.54, 1.807) is 19.4 Å². The van der Waals surface area contributed by atoms with Gasteiger partial charge in [0, 0.05) is 37.6 Å². The molecule has 8 nitrogen and oxygen atoms in total. The summed E-state index contributed by atoms with van der Waals surface area (Å²) < 4.78 is 30.6. The highest BCUT2D eigenvalue weighted by Crippen LogP contribution is 2.33. The first-order chi connectivity index (χ1) is 15.2. The van der Waals surface area contributed by atoms with Crippen molar-refractivity contribution in [1.29, 1.82) is 0 Å². The number of hydrazone groups is 1. The minimum atomic E-state index is -3.22. The van der Waals surface area contributed by atoms with Crippen molar-refractivity contribution in [2.45, 2.75) is 31.3 Å². The lowest BCUT2D eigenvalue weighted by molar-refractivity contribution is -0.135. The zero-order valence-corrected chi connectivity index (χ0v) is 19.7. The molecule has 1 amide bonds. The lowest BCUT2D eigenvalue weighted by Gasteiger charge is -2.35. The minimum Gasteiger partial charge on any atom is -0.467 e. The molecule has 2 aromatic rings. The maximum atomic E-state index is 13.2. The second-order valence-corrected chi connectivity index (χ2v) is 10.8. The first-order valence-corrected chi connectivity index (χ1v) is 12.8.